The summed E-state index contributed by atoms with van der Waals surface area (Å²) in [6.45, 7) is 16.4. The van der Waals surface area contributed by atoms with Gasteiger partial charge >= 0.3 is 0 Å². The molecule has 0 aliphatic heterocycles. The molecule has 0 aliphatic rings. The normalized spacial score (nSPS) is 13.2. The SMILES string of the molecule is C=C/C(=C(\C=C)C(C)C)C(C)C. The van der Waals surface area contributed by atoms with Crippen LogP contribution in [0.1, 0.15) is 27.7 Å². The summed E-state index contributed by atoms with van der Waals surface area (Å²) >= 11 is 0. The summed E-state index contributed by atoms with van der Waals surface area (Å²) in [4.78, 5) is 0. The predicted octanol–water partition coefficient (Wildman–Crippen LogP) is 3.97. The van der Waals surface area contributed by atoms with Gasteiger partial charge in [0.1, 0.15) is 0 Å². The molecular weight excluding hydrogens is 144 g/mol. The van der Waals surface area contributed by atoms with Crippen LogP contribution >= 0.6 is 0 Å². The van der Waals surface area contributed by atoms with Crippen molar-refractivity contribution in [1.29, 1.82) is 0 Å². The molecule has 0 aromatic heterocycles. The van der Waals surface area contributed by atoms with Crippen molar-refractivity contribution in [3.63, 3.8) is 0 Å². The lowest BCUT2D eigenvalue weighted by atomic mass is 9.91. The van der Waals surface area contributed by atoms with Crippen LogP contribution < -0.4 is 0 Å². The van der Waals surface area contributed by atoms with Crippen LogP contribution in [-0.4, -0.2) is 0 Å². The maximum absolute atomic E-state index is 3.83. The fourth-order valence-electron chi connectivity index (χ4n) is 1.37. The van der Waals surface area contributed by atoms with E-state index in [0.717, 1.165) is 0 Å². The summed E-state index contributed by atoms with van der Waals surface area (Å²) in [5.41, 5.74) is 2.64. The first-order valence-electron chi connectivity index (χ1n) is 4.53. The van der Waals surface area contributed by atoms with Gasteiger partial charge in [0, 0.05) is 0 Å². The Morgan fingerprint density at radius 1 is 0.833 bits per heavy atom. The average Bonchev–Trinajstić information content (AvgIpc) is 1.98. The van der Waals surface area contributed by atoms with Crippen molar-refractivity contribution in [2.45, 2.75) is 27.7 Å². The summed E-state index contributed by atoms with van der Waals surface area (Å²) in [6, 6.07) is 0. The van der Waals surface area contributed by atoms with Crippen molar-refractivity contribution in [3.05, 3.63) is 36.5 Å². The topological polar surface area (TPSA) is 0 Å². The monoisotopic (exact) mass is 164 g/mol. The second-order valence-corrected chi connectivity index (χ2v) is 3.63. The highest BCUT2D eigenvalue weighted by Gasteiger charge is 2.07. The summed E-state index contributed by atoms with van der Waals surface area (Å²) in [7, 11) is 0. The first-order valence-corrected chi connectivity index (χ1v) is 4.53. The first-order chi connectivity index (χ1) is 5.54. The van der Waals surface area contributed by atoms with Gasteiger partial charge in [0.05, 0.1) is 0 Å². The summed E-state index contributed by atoms with van der Waals surface area (Å²) < 4.78 is 0. The maximum Gasteiger partial charge on any atom is -0.0216 e. The molecule has 0 bridgehead atoms. The van der Waals surface area contributed by atoms with E-state index >= 15 is 0 Å². The van der Waals surface area contributed by atoms with Crippen molar-refractivity contribution in [3.8, 4) is 0 Å². The molecule has 68 valence electrons. The van der Waals surface area contributed by atoms with Crippen LogP contribution in [0.25, 0.3) is 0 Å². The molecular formula is C12H20. The molecule has 0 heteroatoms. The molecule has 0 aromatic rings. The molecule has 0 heterocycles. The van der Waals surface area contributed by atoms with Gasteiger partial charge in [-0.15, -0.1) is 0 Å². The second kappa shape index (κ2) is 4.97. The zero-order valence-corrected chi connectivity index (χ0v) is 8.72. The third-order valence-electron chi connectivity index (χ3n) is 2.02. The Morgan fingerprint density at radius 3 is 1.17 bits per heavy atom. The van der Waals surface area contributed by atoms with E-state index in [0.29, 0.717) is 11.8 Å². The fraction of sp³-hybridized carbons (Fsp3) is 0.500. The van der Waals surface area contributed by atoms with Crippen LogP contribution in [0, 0.1) is 11.8 Å². The first kappa shape index (κ1) is 11.2. The molecule has 0 N–H and O–H groups in total. The van der Waals surface area contributed by atoms with Crippen LogP contribution in [0.2, 0.25) is 0 Å². The van der Waals surface area contributed by atoms with Gasteiger partial charge < -0.3 is 0 Å². The minimum absolute atomic E-state index is 0.540. The van der Waals surface area contributed by atoms with E-state index in [4.69, 9.17) is 0 Å². The van der Waals surface area contributed by atoms with E-state index < -0.39 is 0 Å². The lowest BCUT2D eigenvalue weighted by Gasteiger charge is -2.15. The van der Waals surface area contributed by atoms with Gasteiger partial charge in [-0.25, -0.2) is 0 Å². The molecule has 0 aromatic carbocycles. The van der Waals surface area contributed by atoms with Crippen LogP contribution in [0.4, 0.5) is 0 Å². The molecule has 0 amide bonds. The number of hydrogen-bond acceptors (Lipinski definition) is 0. The van der Waals surface area contributed by atoms with Crippen molar-refractivity contribution in [2.75, 3.05) is 0 Å². The minimum Gasteiger partial charge on any atom is -0.0988 e. The standard InChI is InChI=1S/C12H20/c1-7-11(9(3)4)12(8-2)10(5)6/h7-10H,1-2H2,3-6H3/b12-11-. The van der Waals surface area contributed by atoms with Gasteiger partial charge in [-0.2, -0.15) is 0 Å². The largest absolute Gasteiger partial charge is 0.0988 e. The average molecular weight is 164 g/mol. The molecule has 12 heavy (non-hydrogen) atoms. The molecule has 0 nitrogen and oxygen atoms in total. The molecule has 0 unspecified atom stereocenters. The van der Waals surface area contributed by atoms with Crippen LogP contribution in [0.15, 0.2) is 36.5 Å². The highest BCUT2D eigenvalue weighted by Crippen LogP contribution is 2.22. The van der Waals surface area contributed by atoms with E-state index in [-0.39, 0.29) is 0 Å². The van der Waals surface area contributed by atoms with Gasteiger partial charge in [0.15, 0.2) is 0 Å². The van der Waals surface area contributed by atoms with E-state index in [1.165, 1.54) is 11.1 Å². The Bertz CT molecular complexity index is 170. The van der Waals surface area contributed by atoms with Crippen molar-refractivity contribution < 1.29 is 0 Å². The molecule has 0 saturated heterocycles. The quantitative estimate of drug-likeness (QED) is 0.551. The highest BCUT2D eigenvalue weighted by atomic mass is 14.1. The van der Waals surface area contributed by atoms with Crippen LogP contribution in [0.3, 0.4) is 0 Å². The van der Waals surface area contributed by atoms with Crippen molar-refractivity contribution in [1.82, 2.24) is 0 Å². The lowest BCUT2D eigenvalue weighted by molar-refractivity contribution is 0.723. The minimum atomic E-state index is 0.540. The van der Waals surface area contributed by atoms with Gasteiger partial charge in [-0.3, -0.25) is 0 Å². The van der Waals surface area contributed by atoms with E-state index in [9.17, 15) is 0 Å². The third-order valence-corrected chi connectivity index (χ3v) is 2.02. The Balaban J connectivity index is 5.00. The smallest absolute Gasteiger partial charge is 0.0216 e. The highest BCUT2D eigenvalue weighted by molar-refractivity contribution is 5.33. The molecule has 0 saturated carbocycles. The molecule has 0 fully saturated rings. The summed E-state index contributed by atoms with van der Waals surface area (Å²) in [6.07, 6.45) is 3.89. The van der Waals surface area contributed by atoms with Gasteiger partial charge in [-0.1, -0.05) is 53.0 Å². The Labute approximate surface area is 76.7 Å². The summed E-state index contributed by atoms with van der Waals surface area (Å²) in [5, 5.41) is 0. The molecule has 0 radical (unpaired) electrons. The fourth-order valence-corrected chi connectivity index (χ4v) is 1.37. The van der Waals surface area contributed by atoms with Gasteiger partial charge in [-0.05, 0) is 23.0 Å². The molecule has 0 aliphatic carbocycles. The number of hydrogen-bond donors (Lipinski definition) is 0. The Kier molecular flexibility index (Phi) is 4.65. The Morgan fingerprint density at radius 2 is 1.08 bits per heavy atom. The summed E-state index contributed by atoms with van der Waals surface area (Å²) in [5.74, 6) is 1.08. The lowest BCUT2D eigenvalue weighted by Crippen LogP contribution is -2.00. The van der Waals surface area contributed by atoms with Crippen molar-refractivity contribution >= 4 is 0 Å². The molecule has 0 rings (SSSR count). The van der Waals surface area contributed by atoms with E-state index in [1.54, 1.807) is 0 Å². The zero-order chi connectivity index (χ0) is 9.72. The Hall–Kier alpha value is -0.780. The van der Waals surface area contributed by atoms with E-state index in [1.807, 2.05) is 12.2 Å². The zero-order valence-electron chi connectivity index (χ0n) is 8.72. The van der Waals surface area contributed by atoms with Crippen LogP contribution in [0.5, 0.6) is 0 Å². The predicted molar refractivity (Wildman–Crippen MR) is 57.1 cm³/mol. The number of allylic oxidation sites excluding steroid dienone is 4. The molecule has 0 atom stereocenters. The molecule has 0 spiro atoms. The maximum atomic E-state index is 3.83. The third kappa shape index (κ3) is 2.69. The van der Waals surface area contributed by atoms with Gasteiger partial charge in [0.2, 0.25) is 0 Å². The van der Waals surface area contributed by atoms with Gasteiger partial charge in [0.25, 0.3) is 0 Å². The second-order valence-electron chi connectivity index (χ2n) is 3.63. The number of rotatable bonds is 4. The van der Waals surface area contributed by atoms with Crippen molar-refractivity contribution in [2.24, 2.45) is 11.8 Å². The van der Waals surface area contributed by atoms with Crippen LogP contribution in [-0.2, 0) is 0 Å². The van der Waals surface area contributed by atoms with E-state index in [2.05, 4.69) is 40.9 Å².